The van der Waals surface area contributed by atoms with Crippen LogP contribution >= 0.6 is 0 Å². The van der Waals surface area contributed by atoms with Crippen LogP contribution in [0.2, 0.25) is 0 Å². The molecule has 1 atom stereocenters. The molecule has 1 unspecified atom stereocenters. The minimum absolute atomic E-state index is 0.00524. The van der Waals surface area contributed by atoms with Gasteiger partial charge in [-0.25, -0.2) is 0 Å². The van der Waals surface area contributed by atoms with E-state index in [-0.39, 0.29) is 24.2 Å². The van der Waals surface area contributed by atoms with E-state index < -0.39 is 0 Å². The highest BCUT2D eigenvalue weighted by Gasteiger charge is 2.35. The highest BCUT2D eigenvalue weighted by atomic mass is 16.3. The number of rotatable bonds is 4. The number of nitrogens with zero attached hydrogens (tertiary/aromatic N) is 1. The Morgan fingerprint density at radius 1 is 1.25 bits per heavy atom. The lowest BCUT2D eigenvalue weighted by atomic mass is 10.1. The van der Waals surface area contributed by atoms with Crippen molar-refractivity contribution in [1.29, 1.82) is 0 Å². The van der Waals surface area contributed by atoms with Crippen LogP contribution in [0, 0.1) is 26.7 Å². The molecule has 2 aromatic rings. The van der Waals surface area contributed by atoms with E-state index in [4.69, 9.17) is 4.42 Å². The molecule has 1 aliphatic heterocycles. The summed E-state index contributed by atoms with van der Waals surface area (Å²) in [7, 11) is 0. The first-order chi connectivity index (χ1) is 11.4. The maximum absolute atomic E-state index is 12.4. The second-order valence-electron chi connectivity index (χ2n) is 6.40. The van der Waals surface area contributed by atoms with Crippen molar-refractivity contribution < 1.29 is 14.0 Å². The van der Waals surface area contributed by atoms with Gasteiger partial charge in [0.1, 0.15) is 11.5 Å². The van der Waals surface area contributed by atoms with E-state index in [1.54, 1.807) is 4.90 Å². The number of benzene rings is 1. The van der Waals surface area contributed by atoms with Gasteiger partial charge in [-0.3, -0.25) is 9.59 Å². The third kappa shape index (κ3) is 3.35. The molecule has 126 valence electrons. The summed E-state index contributed by atoms with van der Waals surface area (Å²) in [6, 6.07) is 9.71. The summed E-state index contributed by atoms with van der Waals surface area (Å²) in [5, 5.41) is 2.92. The molecule has 5 heteroatoms. The van der Waals surface area contributed by atoms with Gasteiger partial charge in [0.2, 0.25) is 11.8 Å². The zero-order chi connectivity index (χ0) is 17.3. The number of aryl methyl sites for hydroxylation is 3. The maximum Gasteiger partial charge on any atom is 0.227 e. The number of hydrogen-bond donors (Lipinski definition) is 1. The Kier molecular flexibility index (Phi) is 4.42. The Balaban J connectivity index is 1.61. The minimum atomic E-state index is -0.313. The molecular formula is C19H22N2O3. The molecular weight excluding hydrogens is 304 g/mol. The molecule has 5 nitrogen and oxygen atoms in total. The molecule has 1 aromatic carbocycles. The quantitative estimate of drug-likeness (QED) is 0.940. The lowest BCUT2D eigenvalue weighted by Gasteiger charge is -2.17. The Labute approximate surface area is 141 Å². The SMILES string of the molecule is Cc1ccc(N2CC(C(=O)NCc3cc(C)oc3C)CC2=O)cc1. The Bertz CT molecular complexity index is 761. The predicted octanol–water partition coefficient (Wildman–Crippen LogP) is 2.87. The second kappa shape index (κ2) is 6.51. The first-order valence-electron chi connectivity index (χ1n) is 8.14. The number of nitrogens with one attached hydrogen (secondary N) is 1. The van der Waals surface area contributed by atoms with Crippen LogP contribution in [0.5, 0.6) is 0 Å². The number of furan rings is 1. The number of amides is 2. The van der Waals surface area contributed by atoms with Crippen molar-refractivity contribution in [1.82, 2.24) is 5.32 Å². The van der Waals surface area contributed by atoms with E-state index in [1.165, 1.54) is 0 Å². The molecule has 0 saturated carbocycles. The van der Waals surface area contributed by atoms with Crippen LogP contribution in [0.1, 0.15) is 29.1 Å². The highest BCUT2D eigenvalue weighted by Crippen LogP contribution is 2.25. The molecule has 24 heavy (non-hydrogen) atoms. The van der Waals surface area contributed by atoms with Crippen molar-refractivity contribution in [2.24, 2.45) is 5.92 Å². The van der Waals surface area contributed by atoms with Crippen molar-refractivity contribution >= 4 is 17.5 Å². The Hall–Kier alpha value is -2.56. The predicted molar refractivity (Wildman–Crippen MR) is 91.7 cm³/mol. The Morgan fingerprint density at radius 3 is 2.58 bits per heavy atom. The van der Waals surface area contributed by atoms with E-state index >= 15 is 0 Å². The van der Waals surface area contributed by atoms with Crippen molar-refractivity contribution in [2.75, 3.05) is 11.4 Å². The normalized spacial score (nSPS) is 17.4. The fourth-order valence-electron chi connectivity index (χ4n) is 3.04. The number of carbonyl (C=O) groups is 2. The van der Waals surface area contributed by atoms with E-state index in [1.807, 2.05) is 51.1 Å². The van der Waals surface area contributed by atoms with Crippen molar-refractivity contribution in [3.63, 3.8) is 0 Å². The van der Waals surface area contributed by atoms with Crippen LogP contribution < -0.4 is 10.2 Å². The van der Waals surface area contributed by atoms with Crippen LogP contribution in [0.25, 0.3) is 0 Å². The molecule has 1 saturated heterocycles. The van der Waals surface area contributed by atoms with Crippen LogP contribution in [0.3, 0.4) is 0 Å². The molecule has 2 heterocycles. The van der Waals surface area contributed by atoms with Gasteiger partial charge < -0.3 is 14.6 Å². The van der Waals surface area contributed by atoms with E-state index in [2.05, 4.69) is 5.32 Å². The molecule has 2 amide bonds. The van der Waals surface area contributed by atoms with Gasteiger partial charge in [-0.15, -0.1) is 0 Å². The zero-order valence-corrected chi connectivity index (χ0v) is 14.3. The Morgan fingerprint density at radius 2 is 1.96 bits per heavy atom. The van der Waals surface area contributed by atoms with Gasteiger partial charge in [0.25, 0.3) is 0 Å². The molecule has 1 fully saturated rings. The van der Waals surface area contributed by atoms with E-state index in [9.17, 15) is 9.59 Å². The number of hydrogen-bond acceptors (Lipinski definition) is 3. The minimum Gasteiger partial charge on any atom is -0.466 e. The average molecular weight is 326 g/mol. The van der Waals surface area contributed by atoms with E-state index in [0.717, 1.165) is 28.3 Å². The third-order valence-corrected chi connectivity index (χ3v) is 4.44. The fraction of sp³-hybridized carbons (Fsp3) is 0.368. The lowest BCUT2D eigenvalue weighted by molar-refractivity contribution is -0.126. The van der Waals surface area contributed by atoms with Gasteiger partial charge in [0.05, 0.1) is 5.92 Å². The molecule has 1 aromatic heterocycles. The first-order valence-corrected chi connectivity index (χ1v) is 8.14. The molecule has 1 aliphatic rings. The summed E-state index contributed by atoms with van der Waals surface area (Å²) in [6.45, 7) is 6.62. The smallest absolute Gasteiger partial charge is 0.227 e. The summed E-state index contributed by atoms with van der Waals surface area (Å²) >= 11 is 0. The van der Waals surface area contributed by atoms with Gasteiger partial charge in [-0.05, 0) is 39.0 Å². The monoisotopic (exact) mass is 326 g/mol. The second-order valence-corrected chi connectivity index (χ2v) is 6.40. The molecule has 0 spiro atoms. The van der Waals surface area contributed by atoms with Crippen LogP contribution in [-0.2, 0) is 16.1 Å². The largest absolute Gasteiger partial charge is 0.466 e. The summed E-state index contributed by atoms with van der Waals surface area (Å²) in [4.78, 5) is 26.3. The lowest BCUT2D eigenvalue weighted by Crippen LogP contribution is -2.32. The topological polar surface area (TPSA) is 62.6 Å². The van der Waals surface area contributed by atoms with Gasteiger partial charge in [-0.2, -0.15) is 0 Å². The fourth-order valence-corrected chi connectivity index (χ4v) is 3.04. The third-order valence-electron chi connectivity index (χ3n) is 4.44. The highest BCUT2D eigenvalue weighted by molar-refractivity contribution is 6.00. The summed E-state index contributed by atoms with van der Waals surface area (Å²) in [5.74, 6) is 1.24. The molecule has 0 aliphatic carbocycles. The molecule has 1 N–H and O–H groups in total. The summed E-state index contributed by atoms with van der Waals surface area (Å²) < 4.78 is 5.46. The standard InChI is InChI=1S/C19H22N2O3/c1-12-4-6-17(7-5-12)21-11-16(9-18(21)22)19(23)20-10-15-8-13(2)24-14(15)3/h4-8,16H,9-11H2,1-3H3,(H,20,23). The van der Waals surface area contributed by atoms with Gasteiger partial charge >= 0.3 is 0 Å². The summed E-state index contributed by atoms with van der Waals surface area (Å²) in [6.07, 6.45) is 0.253. The number of anilines is 1. The number of carbonyl (C=O) groups excluding carboxylic acids is 2. The first kappa shape index (κ1) is 16.3. The molecule has 0 radical (unpaired) electrons. The summed E-state index contributed by atoms with van der Waals surface area (Å²) in [5.41, 5.74) is 2.97. The van der Waals surface area contributed by atoms with Gasteiger partial charge in [0.15, 0.2) is 0 Å². The molecule has 3 rings (SSSR count). The maximum atomic E-state index is 12.4. The zero-order valence-electron chi connectivity index (χ0n) is 14.3. The van der Waals surface area contributed by atoms with Crippen molar-refractivity contribution in [3.8, 4) is 0 Å². The van der Waals surface area contributed by atoms with E-state index in [0.29, 0.717) is 13.1 Å². The van der Waals surface area contributed by atoms with Gasteiger partial charge in [0, 0.05) is 30.8 Å². The van der Waals surface area contributed by atoms with Gasteiger partial charge in [-0.1, -0.05) is 17.7 Å². The van der Waals surface area contributed by atoms with Crippen molar-refractivity contribution in [3.05, 3.63) is 53.0 Å². The van der Waals surface area contributed by atoms with Crippen molar-refractivity contribution in [2.45, 2.75) is 33.7 Å². The van der Waals surface area contributed by atoms with Crippen LogP contribution in [0.4, 0.5) is 5.69 Å². The van der Waals surface area contributed by atoms with Crippen LogP contribution in [-0.4, -0.2) is 18.4 Å². The average Bonchev–Trinajstić information content (AvgIpc) is 3.08. The van der Waals surface area contributed by atoms with Crippen LogP contribution in [0.15, 0.2) is 34.7 Å². The molecule has 0 bridgehead atoms.